The van der Waals surface area contributed by atoms with Crippen LogP contribution in [-0.4, -0.2) is 35.5 Å². The molecule has 6 rings (SSSR count). The fourth-order valence-corrected chi connectivity index (χ4v) is 6.08. The second-order valence-corrected chi connectivity index (χ2v) is 10.6. The summed E-state index contributed by atoms with van der Waals surface area (Å²) in [5.74, 6) is 1.42. The number of piperidine rings is 1. The van der Waals surface area contributed by atoms with Crippen molar-refractivity contribution in [2.75, 3.05) is 13.1 Å². The molecule has 2 bridgehead atoms. The Kier molecular flexibility index (Phi) is 5.26. The quantitative estimate of drug-likeness (QED) is 0.421. The Morgan fingerprint density at radius 3 is 2.24 bits per heavy atom. The van der Waals surface area contributed by atoms with Gasteiger partial charge < -0.3 is 0 Å². The van der Waals surface area contributed by atoms with E-state index < -0.39 is 0 Å². The number of hydrogen-bond acceptors (Lipinski definition) is 3. The third-order valence-corrected chi connectivity index (χ3v) is 8.47. The monoisotopic (exact) mass is 448 g/mol. The number of carbonyl (C=O) groups is 1. The molecule has 3 heteroatoms. The number of nitrogens with zero attached hydrogens (tertiary/aromatic N) is 2. The van der Waals surface area contributed by atoms with Gasteiger partial charge in [-0.3, -0.25) is 9.69 Å². The molecule has 2 fully saturated rings. The summed E-state index contributed by atoms with van der Waals surface area (Å²) < 4.78 is 0. The molecule has 172 valence electrons. The third-order valence-electron chi connectivity index (χ3n) is 8.47. The van der Waals surface area contributed by atoms with Crippen LogP contribution in [0.2, 0.25) is 0 Å². The average Bonchev–Trinajstić information content (AvgIpc) is 3.69. The minimum absolute atomic E-state index is 0.000845. The summed E-state index contributed by atoms with van der Waals surface area (Å²) in [6.07, 6.45) is 3.74. The second kappa shape index (κ2) is 8.32. The van der Waals surface area contributed by atoms with Gasteiger partial charge >= 0.3 is 0 Å². The summed E-state index contributed by atoms with van der Waals surface area (Å²) in [5, 5.41) is 0. The number of rotatable bonds is 5. The van der Waals surface area contributed by atoms with Gasteiger partial charge in [0.15, 0.2) is 5.78 Å². The van der Waals surface area contributed by atoms with E-state index in [0.717, 1.165) is 53.5 Å². The van der Waals surface area contributed by atoms with E-state index in [4.69, 9.17) is 4.99 Å². The molecule has 1 saturated heterocycles. The van der Waals surface area contributed by atoms with Crippen molar-refractivity contribution in [3.05, 3.63) is 101 Å². The number of benzene rings is 3. The molecule has 1 unspecified atom stereocenters. The number of fused-ring (bicyclic) bond motifs is 4. The number of ketones is 1. The highest BCUT2D eigenvalue weighted by Crippen LogP contribution is 2.50. The molecule has 3 atom stereocenters. The third kappa shape index (κ3) is 3.63. The van der Waals surface area contributed by atoms with Crippen LogP contribution in [0, 0.1) is 11.8 Å². The van der Waals surface area contributed by atoms with E-state index in [1.54, 1.807) is 0 Å². The predicted molar refractivity (Wildman–Crippen MR) is 138 cm³/mol. The molecule has 2 aliphatic carbocycles. The van der Waals surface area contributed by atoms with Crippen molar-refractivity contribution in [2.45, 2.75) is 44.6 Å². The number of hydrogen-bond donors (Lipinski definition) is 0. The van der Waals surface area contributed by atoms with Crippen molar-refractivity contribution >= 4 is 17.2 Å². The lowest BCUT2D eigenvalue weighted by Crippen LogP contribution is -2.61. The molecule has 3 aliphatic rings. The standard InChI is InChI=1S/C31H32N2O/c1-21-29-30(34)26-16-15-25(19-27(26)31(21,2)17-18-33(29)20-22-13-14-22)32-28(23-9-5-3-6-10-23)24-11-7-4-8-12-24/h3-12,15-16,19,21-22,29H,13-14,17-18,20H2,1-2H3/t21-,29?,31+/m0/s1. The molecule has 34 heavy (non-hydrogen) atoms. The zero-order chi connectivity index (χ0) is 23.3. The molecular formula is C31H32N2O. The van der Waals surface area contributed by atoms with Gasteiger partial charge in [-0.15, -0.1) is 0 Å². The summed E-state index contributed by atoms with van der Waals surface area (Å²) >= 11 is 0. The summed E-state index contributed by atoms with van der Waals surface area (Å²) in [4.78, 5) is 21.3. The lowest BCUT2D eigenvalue weighted by molar-refractivity contribution is 0.0266. The van der Waals surface area contributed by atoms with Gasteiger partial charge in [0.2, 0.25) is 0 Å². The SMILES string of the molecule is C[C@H]1C2C(=O)c3ccc(N=C(c4ccccc4)c4ccccc4)cc3[C@]1(C)CCN2CC1CC1. The van der Waals surface area contributed by atoms with Crippen LogP contribution in [0.1, 0.15) is 60.2 Å². The Labute approximate surface area is 202 Å². The summed E-state index contributed by atoms with van der Waals surface area (Å²) in [6, 6.07) is 27.0. The Bertz CT molecular complexity index is 1200. The van der Waals surface area contributed by atoms with Gasteiger partial charge in [-0.05, 0) is 66.8 Å². The molecule has 3 nitrogen and oxygen atoms in total. The van der Waals surface area contributed by atoms with Crippen LogP contribution in [0.3, 0.4) is 0 Å². The highest BCUT2D eigenvalue weighted by atomic mass is 16.1. The van der Waals surface area contributed by atoms with E-state index in [2.05, 4.69) is 73.3 Å². The van der Waals surface area contributed by atoms with Crippen LogP contribution >= 0.6 is 0 Å². The molecule has 0 amide bonds. The Morgan fingerprint density at radius 1 is 0.971 bits per heavy atom. The molecule has 0 spiro atoms. The normalized spacial score (nSPS) is 26.1. The summed E-state index contributed by atoms with van der Waals surface area (Å²) in [6.45, 7) is 6.76. The molecule has 3 aromatic rings. The lowest BCUT2D eigenvalue weighted by Gasteiger charge is -2.53. The maximum atomic E-state index is 13.7. The minimum Gasteiger partial charge on any atom is -0.293 e. The zero-order valence-corrected chi connectivity index (χ0v) is 20.1. The maximum absolute atomic E-state index is 13.7. The number of likely N-dealkylation sites (tertiary alicyclic amines) is 1. The van der Waals surface area contributed by atoms with E-state index in [-0.39, 0.29) is 11.5 Å². The highest BCUT2D eigenvalue weighted by Gasteiger charge is 2.52. The van der Waals surface area contributed by atoms with Gasteiger partial charge in [0, 0.05) is 23.2 Å². The predicted octanol–water partition coefficient (Wildman–Crippen LogP) is 6.43. The van der Waals surface area contributed by atoms with Gasteiger partial charge in [-0.1, -0.05) is 74.5 Å². The van der Waals surface area contributed by atoms with Crippen molar-refractivity contribution in [1.82, 2.24) is 4.90 Å². The topological polar surface area (TPSA) is 32.7 Å². The van der Waals surface area contributed by atoms with E-state index in [9.17, 15) is 4.79 Å². The molecule has 1 saturated carbocycles. The van der Waals surface area contributed by atoms with Gasteiger partial charge in [-0.25, -0.2) is 4.99 Å². The van der Waals surface area contributed by atoms with Gasteiger partial charge in [0.1, 0.15) is 0 Å². The van der Waals surface area contributed by atoms with E-state index >= 15 is 0 Å². The van der Waals surface area contributed by atoms with Crippen LogP contribution in [0.4, 0.5) is 5.69 Å². The smallest absolute Gasteiger partial charge is 0.180 e. The molecule has 0 aromatic heterocycles. The number of carbonyl (C=O) groups excluding carboxylic acids is 1. The summed E-state index contributed by atoms with van der Waals surface area (Å²) in [7, 11) is 0. The van der Waals surface area contributed by atoms with Crippen LogP contribution in [-0.2, 0) is 5.41 Å². The molecule has 0 N–H and O–H groups in total. The fourth-order valence-electron chi connectivity index (χ4n) is 6.08. The lowest BCUT2D eigenvalue weighted by atomic mass is 9.58. The second-order valence-electron chi connectivity index (χ2n) is 10.6. The maximum Gasteiger partial charge on any atom is 0.180 e. The first-order valence-electron chi connectivity index (χ1n) is 12.7. The number of Topliss-reactive ketones (excluding diaryl/α,β-unsaturated/α-hetero) is 1. The van der Waals surface area contributed by atoms with E-state index in [1.807, 2.05) is 24.3 Å². The Morgan fingerprint density at radius 2 is 1.62 bits per heavy atom. The van der Waals surface area contributed by atoms with Crippen LogP contribution in [0.25, 0.3) is 0 Å². The average molecular weight is 449 g/mol. The first-order valence-corrected chi connectivity index (χ1v) is 12.7. The van der Waals surface area contributed by atoms with Crippen LogP contribution in [0.15, 0.2) is 83.9 Å². The fraction of sp³-hybridized carbons (Fsp3) is 0.355. The molecule has 0 radical (unpaired) electrons. The molecular weight excluding hydrogens is 416 g/mol. The van der Waals surface area contributed by atoms with Crippen LogP contribution in [0.5, 0.6) is 0 Å². The Hall–Kier alpha value is -3.04. The zero-order valence-electron chi connectivity index (χ0n) is 20.1. The largest absolute Gasteiger partial charge is 0.293 e. The first kappa shape index (κ1) is 21.5. The van der Waals surface area contributed by atoms with Crippen molar-refractivity contribution in [3.8, 4) is 0 Å². The van der Waals surface area contributed by atoms with Crippen LogP contribution < -0.4 is 0 Å². The van der Waals surface area contributed by atoms with Gasteiger partial charge in [0.25, 0.3) is 0 Å². The molecule has 1 aliphatic heterocycles. The first-order chi connectivity index (χ1) is 16.5. The number of aliphatic imine (C=N–C) groups is 1. The molecule has 1 heterocycles. The van der Waals surface area contributed by atoms with Crippen molar-refractivity contribution in [3.63, 3.8) is 0 Å². The molecule has 3 aromatic carbocycles. The Balaban J connectivity index is 1.43. The van der Waals surface area contributed by atoms with Crippen molar-refractivity contribution < 1.29 is 4.79 Å². The van der Waals surface area contributed by atoms with E-state index in [1.165, 1.54) is 18.4 Å². The summed E-state index contributed by atoms with van der Waals surface area (Å²) in [5.41, 5.74) is 6.16. The van der Waals surface area contributed by atoms with Gasteiger partial charge in [-0.2, -0.15) is 0 Å². The van der Waals surface area contributed by atoms with Gasteiger partial charge in [0.05, 0.1) is 17.4 Å². The van der Waals surface area contributed by atoms with Crippen molar-refractivity contribution in [2.24, 2.45) is 16.8 Å². The van der Waals surface area contributed by atoms with Crippen molar-refractivity contribution in [1.29, 1.82) is 0 Å². The van der Waals surface area contributed by atoms with E-state index in [0.29, 0.717) is 11.7 Å². The minimum atomic E-state index is -0.000845. The highest BCUT2D eigenvalue weighted by molar-refractivity contribution is 6.14.